The first-order chi connectivity index (χ1) is 14.3. The number of hydrogen-bond donors (Lipinski definition) is 0. The molecule has 0 nitrogen and oxygen atoms in total. The van der Waals surface area contributed by atoms with Crippen molar-refractivity contribution in [1.29, 1.82) is 0 Å². The maximum Gasteiger partial charge on any atom is -0.0388 e. The molecule has 0 heteroatoms. The fourth-order valence-electron chi connectivity index (χ4n) is 5.86. The van der Waals surface area contributed by atoms with Crippen LogP contribution in [0.25, 0.3) is 0 Å². The lowest BCUT2D eigenvalue weighted by Gasteiger charge is -2.32. The van der Waals surface area contributed by atoms with Crippen molar-refractivity contribution in [2.45, 2.75) is 151 Å². The summed E-state index contributed by atoms with van der Waals surface area (Å²) >= 11 is 0. The lowest BCUT2D eigenvalue weighted by atomic mass is 9.73. The number of rotatable bonds is 17. The Labute approximate surface area is 192 Å². The maximum atomic E-state index is 2.56. The van der Waals surface area contributed by atoms with E-state index in [0.717, 1.165) is 41.4 Å². The summed E-state index contributed by atoms with van der Waals surface area (Å²) in [5.41, 5.74) is 0. The SMILES string of the molecule is CC(C)CCCC(C)CCCC1CCC(C(C)CCCC(C)CCCC(C)C)CC1. The third-order valence-electron chi connectivity index (χ3n) is 8.32. The van der Waals surface area contributed by atoms with Crippen LogP contribution in [0.1, 0.15) is 151 Å². The van der Waals surface area contributed by atoms with Gasteiger partial charge in [0.2, 0.25) is 0 Å². The van der Waals surface area contributed by atoms with Crippen molar-refractivity contribution in [3.63, 3.8) is 0 Å². The van der Waals surface area contributed by atoms with Gasteiger partial charge in [0.15, 0.2) is 0 Å². The summed E-state index contributed by atoms with van der Waals surface area (Å²) in [5, 5.41) is 0. The van der Waals surface area contributed by atoms with E-state index in [4.69, 9.17) is 0 Å². The molecule has 0 aromatic carbocycles. The van der Waals surface area contributed by atoms with E-state index in [-0.39, 0.29) is 0 Å². The molecule has 180 valence electrons. The largest absolute Gasteiger partial charge is 0.0628 e. The van der Waals surface area contributed by atoms with Crippen LogP contribution in [0.15, 0.2) is 0 Å². The van der Waals surface area contributed by atoms with Crippen molar-refractivity contribution >= 4 is 0 Å². The van der Waals surface area contributed by atoms with Crippen LogP contribution < -0.4 is 0 Å². The van der Waals surface area contributed by atoms with Crippen LogP contribution in [0.5, 0.6) is 0 Å². The predicted octanol–water partition coefficient (Wildman–Crippen LogP) is 10.7. The second kappa shape index (κ2) is 16.6. The molecule has 1 rings (SSSR count). The zero-order valence-electron chi connectivity index (χ0n) is 22.4. The third-order valence-corrected chi connectivity index (χ3v) is 8.32. The Morgan fingerprint density at radius 3 is 1.40 bits per heavy atom. The summed E-state index contributed by atoms with van der Waals surface area (Å²) in [6.45, 7) is 17.0. The van der Waals surface area contributed by atoms with Crippen molar-refractivity contribution in [1.82, 2.24) is 0 Å². The molecule has 0 amide bonds. The first kappa shape index (κ1) is 28.0. The first-order valence-corrected chi connectivity index (χ1v) is 14.3. The smallest absolute Gasteiger partial charge is 0.0388 e. The summed E-state index contributed by atoms with van der Waals surface area (Å²) in [7, 11) is 0. The molecule has 0 saturated heterocycles. The fraction of sp³-hybridized carbons (Fsp3) is 1.00. The summed E-state index contributed by atoms with van der Waals surface area (Å²) in [5.74, 6) is 6.71. The van der Waals surface area contributed by atoms with Crippen LogP contribution in [-0.2, 0) is 0 Å². The Hall–Kier alpha value is 0. The van der Waals surface area contributed by atoms with Gasteiger partial charge in [-0.25, -0.2) is 0 Å². The van der Waals surface area contributed by atoms with Gasteiger partial charge in [0.25, 0.3) is 0 Å². The standard InChI is InChI=1S/C30H60/c1-24(2)12-8-14-26(5)16-10-18-28(7)30-22-20-29(21-23-30)19-11-17-27(6)15-9-13-25(3)4/h24-30H,8-23H2,1-7H3. The highest BCUT2D eigenvalue weighted by atomic mass is 14.3. The second-order valence-electron chi connectivity index (χ2n) is 12.5. The minimum atomic E-state index is 0.880. The van der Waals surface area contributed by atoms with Crippen LogP contribution in [0.2, 0.25) is 0 Å². The topological polar surface area (TPSA) is 0 Å². The average Bonchev–Trinajstić information content (AvgIpc) is 2.68. The van der Waals surface area contributed by atoms with Gasteiger partial charge in [0.1, 0.15) is 0 Å². The normalized spacial score (nSPS) is 23.1. The van der Waals surface area contributed by atoms with Crippen molar-refractivity contribution in [3.8, 4) is 0 Å². The van der Waals surface area contributed by atoms with E-state index in [1.807, 2.05) is 0 Å². The van der Waals surface area contributed by atoms with Crippen LogP contribution in [0.4, 0.5) is 0 Å². The molecule has 30 heavy (non-hydrogen) atoms. The lowest BCUT2D eigenvalue weighted by molar-refractivity contribution is 0.193. The van der Waals surface area contributed by atoms with Gasteiger partial charge in [-0.05, 0) is 54.3 Å². The van der Waals surface area contributed by atoms with E-state index in [2.05, 4.69) is 48.5 Å². The molecule has 0 aliphatic heterocycles. The Bertz CT molecular complexity index is 373. The van der Waals surface area contributed by atoms with Crippen molar-refractivity contribution in [2.75, 3.05) is 0 Å². The molecule has 3 unspecified atom stereocenters. The van der Waals surface area contributed by atoms with Crippen molar-refractivity contribution in [2.24, 2.45) is 41.4 Å². The van der Waals surface area contributed by atoms with Gasteiger partial charge in [-0.1, -0.05) is 138 Å². The summed E-state index contributed by atoms with van der Waals surface area (Å²) in [6.07, 6.45) is 23.6. The molecule has 0 heterocycles. The molecule has 0 aromatic rings. The predicted molar refractivity (Wildman–Crippen MR) is 138 cm³/mol. The Morgan fingerprint density at radius 1 is 0.500 bits per heavy atom. The highest BCUT2D eigenvalue weighted by Crippen LogP contribution is 2.37. The molecule has 0 spiro atoms. The molecule has 1 aliphatic carbocycles. The van der Waals surface area contributed by atoms with Gasteiger partial charge in [-0.15, -0.1) is 0 Å². The molecule has 0 radical (unpaired) electrons. The van der Waals surface area contributed by atoms with Gasteiger partial charge < -0.3 is 0 Å². The number of hydrogen-bond acceptors (Lipinski definition) is 0. The van der Waals surface area contributed by atoms with Crippen molar-refractivity contribution < 1.29 is 0 Å². The average molecular weight is 421 g/mol. The third kappa shape index (κ3) is 14.1. The monoisotopic (exact) mass is 420 g/mol. The molecule has 1 fully saturated rings. The fourth-order valence-corrected chi connectivity index (χ4v) is 5.86. The molecule has 0 bridgehead atoms. The van der Waals surface area contributed by atoms with Crippen molar-refractivity contribution in [3.05, 3.63) is 0 Å². The zero-order valence-corrected chi connectivity index (χ0v) is 22.4. The van der Waals surface area contributed by atoms with E-state index in [1.165, 1.54) is 103 Å². The zero-order chi connectivity index (χ0) is 22.4. The Morgan fingerprint density at radius 2 is 0.933 bits per heavy atom. The van der Waals surface area contributed by atoms with E-state index in [1.54, 1.807) is 0 Å². The highest BCUT2D eigenvalue weighted by Gasteiger charge is 2.25. The molecule has 0 N–H and O–H groups in total. The summed E-state index contributed by atoms with van der Waals surface area (Å²) < 4.78 is 0. The quantitative estimate of drug-likeness (QED) is 0.219. The molecular formula is C30H60. The van der Waals surface area contributed by atoms with Gasteiger partial charge in [0.05, 0.1) is 0 Å². The van der Waals surface area contributed by atoms with Crippen LogP contribution >= 0.6 is 0 Å². The van der Waals surface area contributed by atoms with E-state index >= 15 is 0 Å². The van der Waals surface area contributed by atoms with Crippen LogP contribution in [-0.4, -0.2) is 0 Å². The van der Waals surface area contributed by atoms with Crippen LogP contribution in [0, 0.1) is 41.4 Å². The highest BCUT2D eigenvalue weighted by molar-refractivity contribution is 4.76. The molecule has 3 atom stereocenters. The molecule has 1 saturated carbocycles. The van der Waals surface area contributed by atoms with E-state index < -0.39 is 0 Å². The van der Waals surface area contributed by atoms with E-state index in [0.29, 0.717) is 0 Å². The molecule has 1 aliphatic rings. The summed E-state index contributed by atoms with van der Waals surface area (Å²) in [6, 6.07) is 0. The minimum absolute atomic E-state index is 0.880. The Kier molecular flexibility index (Phi) is 15.5. The Balaban J connectivity index is 2.05. The summed E-state index contributed by atoms with van der Waals surface area (Å²) in [4.78, 5) is 0. The van der Waals surface area contributed by atoms with Gasteiger partial charge in [-0.3, -0.25) is 0 Å². The van der Waals surface area contributed by atoms with Gasteiger partial charge in [-0.2, -0.15) is 0 Å². The molecular weight excluding hydrogens is 360 g/mol. The molecule has 0 aromatic heterocycles. The first-order valence-electron chi connectivity index (χ1n) is 14.3. The maximum absolute atomic E-state index is 2.56. The lowest BCUT2D eigenvalue weighted by Crippen LogP contribution is -2.20. The second-order valence-corrected chi connectivity index (χ2v) is 12.5. The minimum Gasteiger partial charge on any atom is -0.0628 e. The van der Waals surface area contributed by atoms with E-state index in [9.17, 15) is 0 Å². The van der Waals surface area contributed by atoms with Crippen LogP contribution in [0.3, 0.4) is 0 Å². The van der Waals surface area contributed by atoms with Gasteiger partial charge >= 0.3 is 0 Å². The van der Waals surface area contributed by atoms with Gasteiger partial charge in [0, 0.05) is 0 Å².